The molecule has 0 fully saturated rings. The highest BCUT2D eigenvalue weighted by Gasteiger charge is 2.14. The predicted molar refractivity (Wildman–Crippen MR) is 86.0 cm³/mol. The molecule has 0 amide bonds. The zero-order chi connectivity index (χ0) is 15.8. The molecule has 1 rings (SSSR count). The van der Waals surface area contributed by atoms with Crippen LogP contribution in [0, 0.1) is 5.92 Å². The van der Waals surface area contributed by atoms with Crippen molar-refractivity contribution >= 4 is 0 Å². The van der Waals surface area contributed by atoms with E-state index in [1.54, 1.807) is 14.2 Å². The molecular formula is C17H29NO3. The summed E-state index contributed by atoms with van der Waals surface area (Å²) >= 11 is 0. The molecular weight excluding hydrogens is 266 g/mol. The minimum Gasteiger partial charge on any atom is -0.493 e. The van der Waals surface area contributed by atoms with Crippen molar-refractivity contribution in [3.8, 4) is 11.5 Å². The van der Waals surface area contributed by atoms with Gasteiger partial charge in [-0.1, -0.05) is 26.8 Å². The second kappa shape index (κ2) is 8.90. The number of benzene rings is 1. The molecule has 120 valence electrons. The van der Waals surface area contributed by atoms with Gasteiger partial charge in [0.25, 0.3) is 0 Å². The number of ether oxygens (including phenoxy) is 2. The quantitative estimate of drug-likeness (QED) is 0.760. The normalized spacial score (nSPS) is 12.8. The zero-order valence-corrected chi connectivity index (χ0v) is 13.9. The summed E-state index contributed by atoms with van der Waals surface area (Å²) in [7, 11) is 3.29. The van der Waals surface area contributed by atoms with Crippen molar-refractivity contribution in [2.45, 2.75) is 39.8 Å². The second-order valence-electron chi connectivity index (χ2n) is 5.84. The Balaban J connectivity index is 2.81. The van der Waals surface area contributed by atoms with E-state index < -0.39 is 0 Å². The lowest BCUT2D eigenvalue weighted by Crippen LogP contribution is -2.34. The van der Waals surface area contributed by atoms with Crippen molar-refractivity contribution in [2.75, 3.05) is 27.3 Å². The summed E-state index contributed by atoms with van der Waals surface area (Å²) < 4.78 is 10.6. The molecule has 21 heavy (non-hydrogen) atoms. The van der Waals surface area contributed by atoms with Crippen molar-refractivity contribution < 1.29 is 14.6 Å². The molecule has 1 unspecified atom stereocenters. The molecule has 1 aromatic carbocycles. The first kappa shape index (κ1) is 17.8. The fraction of sp³-hybridized carbons (Fsp3) is 0.647. The third kappa shape index (κ3) is 5.94. The van der Waals surface area contributed by atoms with Gasteiger partial charge in [-0.25, -0.2) is 0 Å². The van der Waals surface area contributed by atoms with Gasteiger partial charge in [-0.3, -0.25) is 4.90 Å². The van der Waals surface area contributed by atoms with Crippen molar-refractivity contribution in [1.82, 2.24) is 4.90 Å². The molecule has 0 saturated carbocycles. The van der Waals surface area contributed by atoms with Gasteiger partial charge in [-0.15, -0.1) is 0 Å². The summed E-state index contributed by atoms with van der Waals surface area (Å²) in [5.41, 5.74) is 1.16. The van der Waals surface area contributed by atoms with Gasteiger partial charge in [-0.2, -0.15) is 0 Å². The molecule has 0 spiro atoms. The van der Waals surface area contributed by atoms with Crippen LogP contribution in [0.5, 0.6) is 11.5 Å². The molecule has 0 radical (unpaired) electrons. The Hall–Kier alpha value is -1.26. The van der Waals surface area contributed by atoms with E-state index in [0.29, 0.717) is 12.5 Å². The lowest BCUT2D eigenvalue weighted by atomic mass is 10.1. The summed E-state index contributed by atoms with van der Waals surface area (Å²) in [4.78, 5) is 2.29. The van der Waals surface area contributed by atoms with E-state index in [0.717, 1.165) is 36.6 Å². The van der Waals surface area contributed by atoms with Gasteiger partial charge in [-0.05, 0) is 30.0 Å². The predicted octanol–water partition coefficient (Wildman–Crippen LogP) is 2.93. The summed E-state index contributed by atoms with van der Waals surface area (Å²) in [5, 5.41) is 9.92. The van der Waals surface area contributed by atoms with E-state index in [2.05, 4.69) is 18.7 Å². The molecule has 4 heteroatoms. The van der Waals surface area contributed by atoms with Crippen molar-refractivity contribution in [3.63, 3.8) is 0 Å². The van der Waals surface area contributed by atoms with E-state index in [9.17, 15) is 5.11 Å². The molecule has 0 bridgehead atoms. The van der Waals surface area contributed by atoms with Crippen LogP contribution in [0.15, 0.2) is 18.2 Å². The molecule has 1 N–H and O–H groups in total. The molecule has 1 atom stereocenters. The summed E-state index contributed by atoms with van der Waals surface area (Å²) in [5.74, 6) is 2.05. The Morgan fingerprint density at radius 2 is 1.76 bits per heavy atom. The number of methoxy groups -OCH3 is 2. The molecule has 0 heterocycles. The van der Waals surface area contributed by atoms with Crippen LogP contribution < -0.4 is 9.47 Å². The average Bonchev–Trinajstić information content (AvgIpc) is 2.46. The van der Waals surface area contributed by atoms with E-state index in [-0.39, 0.29) is 6.10 Å². The highest BCUT2D eigenvalue weighted by Crippen LogP contribution is 2.28. The Bertz CT molecular complexity index is 420. The summed E-state index contributed by atoms with van der Waals surface area (Å²) in [6.45, 7) is 8.86. The van der Waals surface area contributed by atoms with Crippen LogP contribution in [0.1, 0.15) is 32.8 Å². The van der Waals surface area contributed by atoms with Crippen LogP contribution in [0.4, 0.5) is 0 Å². The first-order chi connectivity index (χ1) is 9.99. The molecule has 0 aliphatic rings. The molecule has 0 saturated heterocycles. The smallest absolute Gasteiger partial charge is 0.161 e. The van der Waals surface area contributed by atoms with E-state index in [1.165, 1.54) is 0 Å². The summed E-state index contributed by atoms with van der Waals surface area (Å²) in [6, 6.07) is 5.98. The second-order valence-corrected chi connectivity index (χ2v) is 5.84. The van der Waals surface area contributed by atoms with Crippen LogP contribution in [0.3, 0.4) is 0 Å². The van der Waals surface area contributed by atoms with Gasteiger partial charge in [0.2, 0.25) is 0 Å². The number of hydrogen-bond donors (Lipinski definition) is 1. The van der Waals surface area contributed by atoms with Gasteiger partial charge in [0, 0.05) is 19.6 Å². The monoisotopic (exact) mass is 295 g/mol. The van der Waals surface area contributed by atoms with Gasteiger partial charge < -0.3 is 14.6 Å². The van der Waals surface area contributed by atoms with E-state index >= 15 is 0 Å². The SMILES string of the molecule is CCC(O)CN(Cc1ccc(OC)c(OC)c1)CC(C)C. The third-order valence-electron chi connectivity index (χ3n) is 3.42. The maximum absolute atomic E-state index is 9.92. The maximum Gasteiger partial charge on any atom is 0.161 e. The molecule has 4 nitrogen and oxygen atoms in total. The van der Waals surface area contributed by atoms with Crippen LogP contribution in [0.2, 0.25) is 0 Å². The fourth-order valence-electron chi connectivity index (χ4n) is 2.38. The topological polar surface area (TPSA) is 41.9 Å². The molecule has 1 aromatic rings. The molecule has 0 aliphatic carbocycles. The lowest BCUT2D eigenvalue weighted by molar-refractivity contribution is 0.0985. The maximum atomic E-state index is 9.92. The number of aliphatic hydroxyl groups is 1. The minimum atomic E-state index is -0.274. The zero-order valence-electron chi connectivity index (χ0n) is 13.9. The first-order valence-corrected chi connectivity index (χ1v) is 7.61. The van der Waals surface area contributed by atoms with E-state index in [4.69, 9.17) is 9.47 Å². The Labute approximate surface area is 128 Å². The van der Waals surface area contributed by atoms with Gasteiger partial charge in [0.05, 0.1) is 20.3 Å². The fourth-order valence-corrected chi connectivity index (χ4v) is 2.38. The van der Waals surface area contributed by atoms with Gasteiger partial charge >= 0.3 is 0 Å². The van der Waals surface area contributed by atoms with Gasteiger partial charge in [0.1, 0.15) is 0 Å². The highest BCUT2D eigenvalue weighted by atomic mass is 16.5. The highest BCUT2D eigenvalue weighted by molar-refractivity contribution is 5.42. The number of hydrogen-bond acceptors (Lipinski definition) is 4. The van der Waals surface area contributed by atoms with Crippen molar-refractivity contribution in [3.05, 3.63) is 23.8 Å². The molecule has 0 aliphatic heterocycles. The Morgan fingerprint density at radius 3 is 2.29 bits per heavy atom. The Morgan fingerprint density at radius 1 is 1.10 bits per heavy atom. The molecule has 0 aromatic heterocycles. The number of nitrogens with zero attached hydrogens (tertiary/aromatic N) is 1. The van der Waals surface area contributed by atoms with Crippen molar-refractivity contribution in [2.24, 2.45) is 5.92 Å². The van der Waals surface area contributed by atoms with E-state index in [1.807, 2.05) is 25.1 Å². The van der Waals surface area contributed by atoms with Crippen LogP contribution >= 0.6 is 0 Å². The van der Waals surface area contributed by atoms with Crippen LogP contribution in [-0.4, -0.2) is 43.4 Å². The minimum absolute atomic E-state index is 0.274. The lowest BCUT2D eigenvalue weighted by Gasteiger charge is -2.26. The van der Waals surface area contributed by atoms with Gasteiger partial charge in [0.15, 0.2) is 11.5 Å². The number of aliphatic hydroxyl groups excluding tert-OH is 1. The third-order valence-corrected chi connectivity index (χ3v) is 3.42. The van der Waals surface area contributed by atoms with Crippen LogP contribution in [-0.2, 0) is 6.54 Å². The standard InChI is InChI=1S/C17H29NO3/c1-6-15(19)12-18(10-13(2)3)11-14-7-8-16(20-4)17(9-14)21-5/h7-9,13,15,19H,6,10-12H2,1-5H3. The van der Waals surface area contributed by atoms with Crippen LogP contribution in [0.25, 0.3) is 0 Å². The number of rotatable bonds is 9. The Kier molecular flexibility index (Phi) is 7.54. The first-order valence-electron chi connectivity index (χ1n) is 7.61. The van der Waals surface area contributed by atoms with Crippen molar-refractivity contribution in [1.29, 1.82) is 0 Å². The average molecular weight is 295 g/mol. The summed E-state index contributed by atoms with van der Waals surface area (Å²) in [6.07, 6.45) is 0.504. The largest absolute Gasteiger partial charge is 0.493 e.